The van der Waals surface area contributed by atoms with Crippen LogP contribution in [0.4, 0.5) is 0 Å². The summed E-state index contributed by atoms with van der Waals surface area (Å²) in [6.45, 7) is 8.65. The van der Waals surface area contributed by atoms with Gasteiger partial charge in [0.1, 0.15) is 6.61 Å². The molecule has 184 valence electrons. The lowest BCUT2D eigenvalue weighted by Gasteiger charge is -2.12. The first kappa shape index (κ1) is 30.3. The van der Waals surface area contributed by atoms with Gasteiger partial charge in [-0.1, -0.05) is 110 Å². The normalized spacial score (nSPS) is 13.3. The minimum Gasteiger partial charge on any atom is -0.463 e. The van der Waals surface area contributed by atoms with Gasteiger partial charge in [0, 0.05) is 6.42 Å². The Bertz CT molecular complexity index is 365. The third-order valence-corrected chi connectivity index (χ3v) is 6.56. The molecule has 1 N–H and O–H groups in total. The van der Waals surface area contributed by atoms with Gasteiger partial charge in [0.05, 0.1) is 19.4 Å². The lowest BCUT2D eigenvalue weighted by Crippen LogP contribution is -2.18. The van der Waals surface area contributed by atoms with Gasteiger partial charge >= 0.3 is 5.97 Å². The van der Waals surface area contributed by atoms with Crippen molar-refractivity contribution in [3.63, 3.8) is 0 Å². The van der Waals surface area contributed by atoms with Crippen molar-refractivity contribution in [1.29, 1.82) is 0 Å². The van der Waals surface area contributed by atoms with E-state index in [4.69, 9.17) is 4.74 Å². The van der Waals surface area contributed by atoms with Crippen molar-refractivity contribution in [3.05, 3.63) is 6.92 Å². The molecule has 0 radical (unpaired) electrons. The van der Waals surface area contributed by atoms with Gasteiger partial charge in [-0.25, -0.2) is 0 Å². The van der Waals surface area contributed by atoms with Crippen molar-refractivity contribution in [1.82, 2.24) is 0 Å². The summed E-state index contributed by atoms with van der Waals surface area (Å²) in [5, 5.41) is 10.00. The van der Waals surface area contributed by atoms with Crippen LogP contribution in [0.3, 0.4) is 0 Å². The van der Waals surface area contributed by atoms with Crippen LogP contribution >= 0.6 is 0 Å². The molecule has 2 unspecified atom stereocenters. The average Bonchev–Trinajstić information content (AvgIpc) is 2.78. The minimum atomic E-state index is -0.509. The van der Waals surface area contributed by atoms with Crippen LogP contribution in [0.5, 0.6) is 0 Å². The van der Waals surface area contributed by atoms with E-state index >= 15 is 0 Å². The van der Waals surface area contributed by atoms with Crippen molar-refractivity contribution in [2.24, 2.45) is 5.92 Å². The van der Waals surface area contributed by atoms with E-state index in [-0.39, 0.29) is 12.6 Å². The van der Waals surface area contributed by atoms with Gasteiger partial charge in [-0.3, -0.25) is 4.79 Å². The molecule has 0 spiro atoms. The van der Waals surface area contributed by atoms with Crippen LogP contribution in [0.15, 0.2) is 0 Å². The molecule has 0 rings (SSSR count). The topological polar surface area (TPSA) is 46.5 Å². The van der Waals surface area contributed by atoms with Gasteiger partial charge < -0.3 is 9.84 Å². The summed E-state index contributed by atoms with van der Waals surface area (Å²) in [5.74, 6) is 0.597. The molecule has 0 aliphatic rings. The Labute approximate surface area is 195 Å². The highest BCUT2D eigenvalue weighted by molar-refractivity contribution is 5.69. The van der Waals surface area contributed by atoms with Crippen molar-refractivity contribution in [3.8, 4) is 0 Å². The Morgan fingerprint density at radius 1 is 0.742 bits per heavy atom. The summed E-state index contributed by atoms with van der Waals surface area (Å²) in [6, 6.07) is 0. The van der Waals surface area contributed by atoms with E-state index in [0.29, 0.717) is 6.42 Å². The number of hydrogen-bond acceptors (Lipinski definition) is 3. The van der Waals surface area contributed by atoms with Crippen molar-refractivity contribution in [2.75, 3.05) is 6.61 Å². The Morgan fingerprint density at radius 2 is 1.23 bits per heavy atom. The Balaban J connectivity index is 3.35. The molecule has 0 bridgehead atoms. The Kier molecular flexibility index (Phi) is 23.4. The summed E-state index contributed by atoms with van der Waals surface area (Å²) in [6.07, 6.45) is 24.5. The van der Waals surface area contributed by atoms with Gasteiger partial charge in [0.15, 0.2) is 0 Å². The molecule has 0 saturated carbocycles. The molecule has 0 saturated heterocycles. The quantitative estimate of drug-likeness (QED) is 0.0930. The van der Waals surface area contributed by atoms with E-state index in [1.165, 1.54) is 89.9 Å². The summed E-state index contributed by atoms with van der Waals surface area (Å²) >= 11 is 0. The monoisotopic (exact) mass is 439 g/mol. The van der Waals surface area contributed by atoms with Crippen LogP contribution in [0.2, 0.25) is 0 Å². The first-order valence-corrected chi connectivity index (χ1v) is 13.8. The number of unbranched alkanes of at least 4 members (excludes halogenated alkanes) is 14. The fraction of sp³-hybridized carbons (Fsp3) is 0.929. The van der Waals surface area contributed by atoms with Crippen LogP contribution in [-0.2, 0) is 9.53 Å². The van der Waals surface area contributed by atoms with Crippen LogP contribution < -0.4 is 0 Å². The largest absolute Gasteiger partial charge is 0.463 e. The fourth-order valence-electron chi connectivity index (χ4n) is 4.17. The first-order valence-electron chi connectivity index (χ1n) is 13.8. The zero-order chi connectivity index (χ0) is 23.0. The van der Waals surface area contributed by atoms with Crippen LogP contribution in [-0.4, -0.2) is 23.8 Å². The fourth-order valence-corrected chi connectivity index (χ4v) is 4.17. The third kappa shape index (κ3) is 22.3. The van der Waals surface area contributed by atoms with E-state index in [9.17, 15) is 9.90 Å². The second-order valence-electron chi connectivity index (χ2n) is 9.53. The van der Waals surface area contributed by atoms with Crippen molar-refractivity contribution < 1.29 is 14.6 Å². The molecule has 2 atom stereocenters. The summed E-state index contributed by atoms with van der Waals surface area (Å²) in [5.41, 5.74) is 0. The SMILES string of the molecule is [CH2+]CC(CC)CCCCCC(O)COC(=O)CCCCCCCCCCCCCCC. The lowest BCUT2D eigenvalue weighted by atomic mass is 9.96. The lowest BCUT2D eigenvalue weighted by molar-refractivity contribution is -0.146. The van der Waals surface area contributed by atoms with E-state index in [1.807, 2.05) is 0 Å². The van der Waals surface area contributed by atoms with Gasteiger partial charge in [0.25, 0.3) is 0 Å². The molecule has 3 heteroatoms. The molecule has 3 nitrogen and oxygen atoms in total. The van der Waals surface area contributed by atoms with Crippen molar-refractivity contribution in [2.45, 2.75) is 155 Å². The summed E-state index contributed by atoms with van der Waals surface area (Å²) in [4.78, 5) is 11.8. The number of ether oxygens (including phenoxy) is 1. The molecule has 31 heavy (non-hydrogen) atoms. The maximum Gasteiger partial charge on any atom is 0.305 e. The average molecular weight is 440 g/mol. The van der Waals surface area contributed by atoms with Gasteiger partial charge in [-0.05, 0) is 31.6 Å². The van der Waals surface area contributed by atoms with Gasteiger partial charge in [-0.15, -0.1) is 0 Å². The van der Waals surface area contributed by atoms with Crippen molar-refractivity contribution >= 4 is 5.97 Å². The highest BCUT2D eigenvalue weighted by atomic mass is 16.5. The molecule has 0 aliphatic heterocycles. The molecule has 0 fully saturated rings. The van der Waals surface area contributed by atoms with E-state index in [2.05, 4.69) is 20.8 Å². The molecular weight excluding hydrogens is 384 g/mol. The first-order chi connectivity index (χ1) is 15.1. The maximum absolute atomic E-state index is 11.8. The number of carbonyl (C=O) groups excluding carboxylic acids is 1. The summed E-state index contributed by atoms with van der Waals surface area (Å²) in [7, 11) is 0. The molecule has 0 aromatic heterocycles. The number of hydrogen-bond donors (Lipinski definition) is 1. The van der Waals surface area contributed by atoms with Gasteiger partial charge in [-0.2, -0.15) is 0 Å². The zero-order valence-corrected chi connectivity index (χ0v) is 21.2. The summed E-state index contributed by atoms with van der Waals surface area (Å²) < 4.78 is 5.24. The molecule has 0 amide bonds. The van der Waals surface area contributed by atoms with Crippen LogP contribution in [0.25, 0.3) is 0 Å². The predicted molar refractivity (Wildman–Crippen MR) is 134 cm³/mol. The standard InChI is InChI=1S/C28H55O3/c1-4-7-8-9-10-11-12-13-14-15-16-17-21-24-28(30)31-25-27(29)23-20-18-19-22-26(5-2)6-3/h26-27,29H,2,4-25H2,1,3H3/q+1. The Morgan fingerprint density at radius 3 is 1.74 bits per heavy atom. The number of rotatable bonds is 24. The molecule has 0 heterocycles. The van der Waals surface area contributed by atoms with Gasteiger partial charge in [0.2, 0.25) is 0 Å². The number of aliphatic hydroxyl groups is 1. The molecule has 0 aromatic rings. The minimum absolute atomic E-state index is 0.150. The van der Waals surface area contributed by atoms with E-state index in [1.54, 1.807) is 0 Å². The highest BCUT2D eigenvalue weighted by Crippen LogP contribution is 2.17. The van der Waals surface area contributed by atoms with E-state index in [0.717, 1.165) is 44.4 Å². The third-order valence-electron chi connectivity index (χ3n) is 6.56. The van der Waals surface area contributed by atoms with Crippen LogP contribution in [0, 0.1) is 12.8 Å². The zero-order valence-electron chi connectivity index (χ0n) is 21.2. The number of carbonyl (C=O) groups is 1. The second kappa shape index (κ2) is 24.0. The second-order valence-corrected chi connectivity index (χ2v) is 9.53. The Hall–Kier alpha value is -0.700. The molecular formula is C28H55O3+. The maximum atomic E-state index is 11.8. The highest BCUT2D eigenvalue weighted by Gasteiger charge is 2.10. The number of esters is 1. The van der Waals surface area contributed by atoms with E-state index < -0.39 is 6.10 Å². The molecule has 0 aliphatic carbocycles. The van der Waals surface area contributed by atoms with Crippen LogP contribution in [0.1, 0.15) is 149 Å². The smallest absolute Gasteiger partial charge is 0.305 e. The molecule has 0 aromatic carbocycles. The predicted octanol–water partition coefficient (Wildman–Crippen LogP) is 8.57. The number of aliphatic hydroxyl groups excluding tert-OH is 1.